The highest BCUT2D eigenvalue weighted by atomic mass is 14.7. The van der Waals surface area contributed by atoms with E-state index in [1.807, 2.05) is 0 Å². The molecule has 2 atom stereocenters. The third-order valence-corrected chi connectivity index (χ3v) is 4.02. The van der Waals surface area contributed by atoms with E-state index < -0.39 is 0 Å². The fourth-order valence-corrected chi connectivity index (χ4v) is 2.27. The van der Waals surface area contributed by atoms with Crippen molar-refractivity contribution in [3.8, 4) is 0 Å². The molecule has 0 aromatic heterocycles. The molecule has 0 aliphatic heterocycles. The Morgan fingerprint density at radius 1 is 1.13 bits per heavy atom. The van der Waals surface area contributed by atoms with Gasteiger partial charge in [-0.15, -0.1) is 0 Å². The van der Waals surface area contributed by atoms with Crippen molar-refractivity contribution < 1.29 is 0 Å². The average molecular weight is 213 g/mol. The Balaban J connectivity index is 4.23. The highest BCUT2D eigenvalue weighted by molar-refractivity contribution is 4.88. The third kappa shape index (κ3) is 5.01. The molecule has 0 saturated carbocycles. The SMILES string of the molecule is CCCCC(CC)CC(N)(CC)C(C)C. The molecule has 0 amide bonds. The van der Waals surface area contributed by atoms with Crippen LogP contribution in [0.1, 0.15) is 73.1 Å². The van der Waals surface area contributed by atoms with Crippen molar-refractivity contribution in [3.63, 3.8) is 0 Å². The molecule has 0 heterocycles. The fraction of sp³-hybridized carbons (Fsp3) is 1.00. The predicted octanol–water partition coefficient (Wildman–Crippen LogP) is 4.36. The number of unbranched alkanes of at least 4 members (excludes halogenated alkanes) is 1. The van der Waals surface area contributed by atoms with E-state index >= 15 is 0 Å². The Morgan fingerprint density at radius 2 is 1.73 bits per heavy atom. The van der Waals surface area contributed by atoms with Crippen LogP contribution in [-0.2, 0) is 0 Å². The first-order valence-corrected chi connectivity index (χ1v) is 6.79. The second kappa shape index (κ2) is 7.27. The van der Waals surface area contributed by atoms with E-state index in [9.17, 15) is 0 Å². The molecule has 0 aromatic rings. The Hall–Kier alpha value is -0.0400. The Labute approximate surface area is 96.8 Å². The first kappa shape index (κ1) is 15.0. The molecule has 1 heteroatoms. The second-order valence-electron chi connectivity index (χ2n) is 5.36. The van der Waals surface area contributed by atoms with Crippen molar-refractivity contribution in [1.29, 1.82) is 0 Å². The molecule has 0 aliphatic carbocycles. The van der Waals surface area contributed by atoms with Gasteiger partial charge >= 0.3 is 0 Å². The highest BCUT2D eigenvalue weighted by Crippen LogP contribution is 2.30. The summed E-state index contributed by atoms with van der Waals surface area (Å²) >= 11 is 0. The zero-order valence-corrected chi connectivity index (χ0v) is 11.5. The first-order valence-electron chi connectivity index (χ1n) is 6.79. The third-order valence-electron chi connectivity index (χ3n) is 4.02. The minimum atomic E-state index is 0.0639. The van der Waals surface area contributed by atoms with Gasteiger partial charge in [-0.3, -0.25) is 0 Å². The van der Waals surface area contributed by atoms with Crippen LogP contribution in [0.15, 0.2) is 0 Å². The maximum Gasteiger partial charge on any atom is 0.0177 e. The second-order valence-corrected chi connectivity index (χ2v) is 5.36. The van der Waals surface area contributed by atoms with Crippen LogP contribution < -0.4 is 5.73 Å². The maximum atomic E-state index is 6.49. The fourth-order valence-electron chi connectivity index (χ4n) is 2.27. The molecule has 2 unspecified atom stereocenters. The monoisotopic (exact) mass is 213 g/mol. The normalized spacial score (nSPS) is 17.8. The summed E-state index contributed by atoms with van der Waals surface area (Å²) < 4.78 is 0. The zero-order chi connectivity index (χ0) is 11.9. The molecular weight excluding hydrogens is 182 g/mol. The largest absolute Gasteiger partial charge is 0.325 e. The van der Waals surface area contributed by atoms with Crippen molar-refractivity contribution >= 4 is 0 Å². The van der Waals surface area contributed by atoms with Crippen molar-refractivity contribution in [3.05, 3.63) is 0 Å². The van der Waals surface area contributed by atoms with Gasteiger partial charge in [-0.2, -0.15) is 0 Å². The molecule has 0 rings (SSSR count). The van der Waals surface area contributed by atoms with E-state index in [0.29, 0.717) is 5.92 Å². The lowest BCUT2D eigenvalue weighted by Crippen LogP contribution is -2.46. The molecule has 0 fully saturated rings. The smallest absolute Gasteiger partial charge is 0.0177 e. The van der Waals surface area contributed by atoms with Crippen LogP contribution in [0.25, 0.3) is 0 Å². The van der Waals surface area contributed by atoms with Crippen LogP contribution in [0.2, 0.25) is 0 Å². The zero-order valence-electron chi connectivity index (χ0n) is 11.5. The van der Waals surface area contributed by atoms with Gasteiger partial charge in [-0.1, -0.05) is 60.3 Å². The van der Waals surface area contributed by atoms with E-state index in [0.717, 1.165) is 12.3 Å². The molecule has 2 N–H and O–H groups in total. The lowest BCUT2D eigenvalue weighted by Gasteiger charge is -2.36. The van der Waals surface area contributed by atoms with Crippen LogP contribution in [0.4, 0.5) is 0 Å². The minimum absolute atomic E-state index is 0.0639. The van der Waals surface area contributed by atoms with E-state index in [-0.39, 0.29) is 5.54 Å². The van der Waals surface area contributed by atoms with E-state index in [1.54, 1.807) is 0 Å². The lowest BCUT2D eigenvalue weighted by molar-refractivity contribution is 0.221. The number of hydrogen-bond donors (Lipinski definition) is 1. The van der Waals surface area contributed by atoms with Crippen molar-refractivity contribution in [2.75, 3.05) is 0 Å². The maximum absolute atomic E-state index is 6.49. The summed E-state index contributed by atoms with van der Waals surface area (Å²) in [5.74, 6) is 1.43. The summed E-state index contributed by atoms with van der Waals surface area (Å²) in [5, 5.41) is 0. The standard InChI is InChI=1S/C14H31N/c1-6-9-10-13(7-2)11-14(15,8-3)12(4)5/h12-13H,6-11,15H2,1-5H3. The lowest BCUT2D eigenvalue weighted by atomic mass is 9.76. The molecule has 15 heavy (non-hydrogen) atoms. The van der Waals surface area contributed by atoms with Crippen molar-refractivity contribution in [2.45, 2.75) is 78.7 Å². The van der Waals surface area contributed by atoms with Crippen molar-refractivity contribution in [2.24, 2.45) is 17.6 Å². The summed E-state index contributed by atoms with van der Waals surface area (Å²) in [6.45, 7) is 11.3. The molecule has 0 spiro atoms. The van der Waals surface area contributed by atoms with E-state index in [2.05, 4.69) is 34.6 Å². The molecule has 0 aliphatic rings. The summed E-state index contributed by atoms with van der Waals surface area (Å²) in [6, 6.07) is 0. The molecule has 0 bridgehead atoms. The van der Waals surface area contributed by atoms with Gasteiger partial charge in [0.15, 0.2) is 0 Å². The Bertz CT molecular complexity index is 153. The Kier molecular flexibility index (Phi) is 7.25. The van der Waals surface area contributed by atoms with Gasteiger partial charge in [0.1, 0.15) is 0 Å². The molecule has 1 nitrogen and oxygen atoms in total. The molecule has 0 radical (unpaired) electrons. The number of hydrogen-bond acceptors (Lipinski definition) is 1. The van der Waals surface area contributed by atoms with Crippen LogP contribution >= 0.6 is 0 Å². The minimum Gasteiger partial charge on any atom is -0.325 e. The van der Waals surface area contributed by atoms with Gasteiger partial charge < -0.3 is 5.73 Å². The van der Waals surface area contributed by atoms with Gasteiger partial charge in [-0.25, -0.2) is 0 Å². The highest BCUT2D eigenvalue weighted by Gasteiger charge is 2.29. The van der Waals surface area contributed by atoms with Gasteiger partial charge in [-0.05, 0) is 24.7 Å². The first-order chi connectivity index (χ1) is 7.00. The van der Waals surface area contributed by atoms with E-state index in [4.69, 9.17) is 5.73 Å². The van der Waals surface area contributed by atoms with Crippen LogP contribution in [0, 0.1) is 11.8 Å². The summed E-state index contributed by atoms with van der Waals surface area (Å²) in [5.41, 5.74) is 6.55. The van der Waals surface area contributed by atoms with Crippen molar-refractivity contribution in [1.82, 2.24) is 0 Å². The average Bonchev–Trinajstić information content (AvgIpc) is 2.23. The predicted molar refractivity (Wildman–Crippen MR) is 70.0 cm³/mol. The van der Waals surface area contributed by atoms with Gasteiger partial charge in [0.2, 0.25) is 0 Å². The van der Waals surface area contributed by atoms with Crippen LogP contribution in [-0.4, -0.2) is 5.54 Å². The van der Waals surface area contributed by atoms with Crippen LogP contribution in [0.3, 0.4) is 0 Å². The molecular formula is C14H31N. The van der Waals surface area contributed by atoms with Gasteiger partial charge in [0, 0.05) is 5.54 Å². The van der Waals surface area contributed by atoms with Gasteiger partial charge in [0.25, 0.3) is 0 Å². The number of rotatable bonds is 8. The van der Waals surface area contributed by atoms with Gasteiger partial charge in [0.05, 0.1) is 0 Å². The molecule has 0 saturated heterocycles. The summed E-state index contributed by atoms with van der Waals surface area (Å²) in [4.78, 5) is 0. The quantitative estimate of drug-likeness (QED) is 0.637. The molecule has 92 valence electrons. The Morgan fingerprint density at radius 3 is 2.07 bits per heavy atom. The number of nitrogens with two attached hydrogens (primary N) is 1. The molecule has 0 aromatic carbocycles. The van der Waals surface area contributed by atoms with Crippen LogP contribution in [0.5, 0.6) is 0 Å². The topological polar surface area (TPSA) is 26.0 Å². The summed E-state index contributed by atoms with van der Waals surface area (Å²) in [7, 11) is 0. The summed E-state index contributed by atoms with van der Waals surface area (Å²) in [6.07, 6.45) is 7.62. The van der Waals surface area contributed by atoms with E-state index in [1.165, 1.54) is 32.1 Å².